The maximum Gasteiger partial charge on any atom is 0.0595 e. The lowest BCUT2D eigenvalue weighted by Gasteiger charge is -2.06. The fourth-order valence-electron chi connectivity index (χ4n) is 1.30. The van der Waals surface area contributed by atoms with Crippen LogP contribution in [0.3, 0.4) is 0 Å². The molecule has 0 radical (unpaired) electrons. The molecule has 0 aliphatic carbocycles. The number of rotatable bonds is 3. The average Bonchev–Trinajstić information content (AvgIpc) is 2.28. The largest absolute Gasteiger partial charge is 0.379 e. The van der Waals surface area contributed by atoms with Crippen LogP contribution in [0.1, 0.15) is 5.69 Å². The molecule has 1 aromatic heterocycles. The fourth-order valence-corrected chi connectivity index (χ4v) is 1.94. The zero-order chi connectivity index (χ0) is 11.4. The minimum atomic E-state index is 0.726. The van der Waals surface area contributed by atoms with E-state index in [0.717, 1.165) is 26.9 Å². The van der Waals surface area contributed by atoms with Crippen molar-refractivity contribution in [1.29, 1.82) is 0 Å². The highest BCUT2D eigenvalue weighted by molar-refractivity contribution is 9.10. The second kappa shape index (κ2) is 5.46. The highest BCUT2D eigenvalue weighted by atomic mass is 79.9. The summed E-state index contributed by atoms with van der Waals surface area (Å²) in [6.45, 7) is 0.726. The number of pyridine rings is 1. The monoisotopic (exact) mass is 340 g/mol. The normalized spacial score (nSPS) is 10.1. The van der Waals surface area contributed by atoms with Crippen LogP contribution in [0.5, 0.6) is 0 Å². The molecule has 1 N–H and O–H groups in total. The van der Waals surface area contributed by atoms with Gasteiger partial charge >= 0.3 is 0 Å². The van der Waals surface area contributed by atoms with Gasteiger partial charge in [-0.1, -0.05) is 22.0 Å². The second-order valence-electron chi connectivity index (χ2n) is 3.33. The van der Waals surface area contributed by atoms with E-state index in [4.69, 9.17) is 0 Å². The van der Waals surface area contributed by atoms with Crippen molar-refractivity contribution >= 4 is 37.5 Å². The molecule has 2 aromatic rings. The second-order valence-corrected chi connectivity index (χ2v) is 5.16. The van der Waals surface area contributed by atoms with Gasteiger partial charge in [0.25, 0.3) is 0 Å². The van der Waals surface area contributed by atoms with Gasteiger partial charge in [-0.15, -0.1) is 0 Å². The van der Waals surface area contributed by atoms with E-state index in [1.807, 2.05) is 36.4 Å². The van der Waals surface area contributed by atoms with E-state index >= 15 is 0 Å². The van der Waals surface area contributed by atoms with Crippen LogP contribution in [-0.2, 0) is 6.54 Å². The molecule has 0 saturated heterocycles. The van der Waals surface area contributed by atoms with Gasteiger partial charge < -0.3 is 5.32 Å². The summed E-state index contributed by atoms with van der Waals surface area (Å²) < 4.78 is 2.07. The zero-order valence-corrected chi connectivity index (χ0v) is 11.6. The SMILES string of the molecule is Brc1ccc(CNc2cccc(Br)c2)nc1. The van der Waals surface area contributed by atoms with Crippen molar-refractivity contribution in [2.45, 2.75) is 6.54 Å². The highest BCUT2D eigenvalue weighted by Gasteiger charge is 1.96. The van der Waals surface area contributed by atoms with Crippen molar-refractivity contribution in [2.24, 2.45) is 0 Å². The van der Waals surface area contributed by atoms with Crippen LogP contribution in [0.15, 0.2) is 51.5 Å². The Kier molecular flexibility index (Phi) is 3.96. The molecular formula is C12H10Br2N2. The number of nitrogens with one attached hydrogen (secondary N) is 1. The van der Waals surface area contributed by atoms with E-state index in [1.54, 1.807) is 6.20 Å². The summed E-state index contributed by atoms with van der Waals surface area (Å²) in [5, 5.41) is 3.31. The summed E-state index contributed by atoms with van der Waals surface area (Å²) in [6, 6.07) is 12.1. The van der Waals surface area contributed by atoms with Crippen LogP contribution in [0.4, 0.5) is 5.69 Å². The zero-order valence-electron chi connectivity index (χ0n) is 8.45. The Bertz CT molecular complexity index is 469. The molecule has 2 nitrogen and oxygen atoms in total. The number of hydrogen-bond donors (Lipinski definition) is 1. The number of aromatic nitrogens is 1. The van der Waals surface area contributed by atoms with Crippen molar-refractivity contribution in [1.82, 2.24) is 4.98 Å². The van der Waals surface area contributed by atoms with E-state index in [9.17, 15) is 0 Å². The molecule has 0 unspecified atom stereocenters. The molecule has 0 bridgehead atoms. The average molecular weight is 342 g/mol. The van der Waals surface area contributed by atoms with Gasteiger partial charge in [0.2, 0.25) is 0 Å². The number of anilines is 1. The lowest BCUT2D eigenvalue weighted by molar-refractivity contribution is 1.04. The maximum absolute atomic E-state index is 4.29. The van der Waals surface area contributed by atoms with Gasteiger partial charge in [0, 0.05) is 20.8 Å². The molecule has 0 saturated carbocycles. The van der Waals surface area contributed by atoms with Crippen LogP contribution in [-0.4, -0.2) is 4.98 Å². The minimum Gasteiger partial charge on any atom is -0.379 e. The van der Waals surface area contributed by atoms with Crippen LogP contribution in [0.2, 0.25) is 0 Å². The Morgan fingerprint density at radius 3 is 2.62 bits per heavy atom. The quantitative estimate of drug-likeness (QED) is 0.904. The Balaban J connectivity index is 1.99. The summed E-state index contributed by atoms with van der Waals surface area (Å²) in [7, 11) is 0. The number of halogens is 2. The van der Waals surface area contributed by atoms with Crippen LogP contribution < -0.4 is 5.32 Å². The van der Waals surface area contributed by atoms with E-state index < -0.39 is 0 Å². The molecule has 2 rings (SSSR count). The van der Waals surface area contributed by atoms with E-state index in [2.05, 4.69) is 42.2 Å². The van der Waals surface area contributed by atoms with Gasteiger partial charge in [-0.25, -0.2) is 0 Å². The van der Waals surface area contributed by atoms with Crippen molar-refractivity contribution < 1.29 is 0 Å². The predicted octanol–water partition coefficient (Wildman–Crippen LogP) is 4.22. The van der Waals surface area contributed by atoms with Crippen LogP contribution in [0, 0.1) is 0 Å². The fraction of sp³-hybridized carbons (Fsp3) is 0.0833. The molecule has 0 atom stereocenters. The molecule has 4 heteroatoms. The molecule has 0 aliphatic rings. The van der Waals surface area contributed by atoms with Gasteiger partial charge in [0.1, 0.15) is 0 Å². The van der Waals surface area contributed by atoms with Crippen molar-refractivity contribution in [3.63, 3.8) is 0 Å². The van der Waals surface area contributed by atoms with Crippen molar-refractivity contribution in [2.75, 3.05) is 5.32 Å². The van der Waals surface area contributed by atoms with E-state index in [0.29, 0.717) is 0 Å². The molecule has 0 aliphatic heterocycles. The van der Waals surface area contributed by atoms with Crippen LogP contribution >= 0.6 is 31.9 Å². The van der Waals surface area contributed by atoms with Gasteiger partial charge in [0.15, 0.2) is 0 Å². The molecule has 1 aromatic carbocycles. The Hall–Kier alpha value is -0.870. The Labute approximate surface area is 111 Å². The summed E-state index contributed by atoms with van der Waals surface area (Å²) in [4.78, 5) is 4.29. The van der Waals surface area contributed by atoms with E-state index in [1.165, 1.54) is 0 Å². The van der Waals surface area contributed by atoms with Gasteiger partial charge in [-0.3, -0.25) is 4.98 Å². The van der Waals surface area contributed by atoms with Gasteiger partial charge in [0.05, 0.1) is 12.2 Å². The first-order chi connectivity index (χ1) is 7.74. The first-order valence-electron chi connectivity index (χ1n) is 4.84. The third-order valence-electron chi connectivity index (χ3n) is 2.09. The summed E-state index contributed by atoms with van der Waals surface area (Å²) in [6.07, 6.45) is 1.80. The lowest BCUT2D eigenvalue weighted by atomic mass is 10.3. The standard InChI is InChI=1S/C12H10Br2N2/c13-9-2-1-3-11(6-9)16-8-12-5-4-10(14)7-15-12/h1-7,16H,8H2. The summed E-state index contributed by atoms with van der Waals surface area (Å²) in [5.74, 6) is 0. The third kappa shape index (κ3) is 3.32. The molecule has 0 amide bonds. The number of benzene rings is 1. The molecule has 0 spiro atoms. The molecule has 82 valence electrons. The number of hydrogen-bond acceptors (Lipinski definition) is 2. The van der Waals surface area contributed by atoms with Crippen LogP contribution in [0.25, 0.3) is 0 Å². The van der Waals surface area contributed by atoms with Gasteiger partial charge in [-0.2, -0.15) is 0 Å². The third-order valence-corrected chi connectivity index (χ3v) is 3.05. The Morgan fingerprint density at radius 2 is 1.94 bits per heavy atom. The topological polar surface area (TPSA) is 24.9 Å². The summed E-state index contributed by atoms with van der Waals surface area (Å²) in [5.41, 5.74) is 2.10. The number of nitrogens with zero attached hydrogens (tertiary/aromatic N) is 1. The molecule has 16 heavy (non-hydrogen) atoms. The van der Waals surface area contributed by atoms with Gasteiger partial charge in [-0.05, 0) is 46.3 Å². The molecule has 0 fully saturated rings. The smallest absolute Gasteiger partial charge is 0.0595 e. The summed E-state index contributed by atoms with van der Waals surface area (Å²) >= 11 is 6.80. The minimum absolute atomic E-state index is 0.726. The van der Waals surface area contributed by atoms with Crippen molar-refractivity contribution in [3.05, 3.63) is 57.2 Å². The molecular weight excluding hydrogens is 332 g/mol. The highest BCUT2D eigenvalue weighted by Crippen LogP contribution is 2.16. The lowest BCUT2D eigenvalue weighted by Crippen LogP contribution is -2.00. The first kappa shape index (κ1) is 11.6. The molecule has 1 heterocycles. The van der Waals surface area contributed by atoms with Crippen molar-refractivity contribution in [3.8, 4) is 0 Å². The van der Waals surface area contributed by atoms with E-state index in [-0.39, 0.29) is 0 Å². The maximum atomic E-state index is 4.29. The first-order valence-corrected chi connectivity index (χ1v) is 6.42. The Morgan fingerprint density at radius 1 is 1.06 bits per heavy atom. The predicted molar refractivity (Wildman–Crippen MR) is 73.4 cm³/mol.